The Hall–Kier alpha value is -1.64. The molecule has 25 heavy (non-hydrogen) atoms. The van der Waals surface area contributed by atoms with E-state index < -0.39 is 10.2 Å². The van der Waals surface area contributed by atoms with Crippen molar-refractivity contribution in [3.63, 3.8) is 0 Å². The van der Waals surface area contributed by atoms with Crippen LogP contribution in [0.15, 0.2) is 24.3 Å². The summed E-state index contributed by atoms with van der Waals surface area (Å²) in [4.78, 5) is 12.2. The number of piperidine rings is 1. The number of carbonyl (C=O) groups excluding carboxylic acids is 1. The number of hydrogen-bond donors (Lipinski definition) is 1. The summed E-state index contributed by atoms with van der Waals surface area (Å²) >= 11 is 0. The fourth-order valence-corrected chi connectivity index (χ4v) is 3.91. The Bertz CT molecular complexity index is 683. The predicted octanol–water partition coefficient (Wildman–Crippen LogP) is 1.01. The van der Waals surface area contributed by atoms with Gasteiger partial charge < -0.3 is 10.1 Å². The quantitative estimate of drug-likeness (QED) is 0.728. The first-order valence-corrected chi connectivity index (χ1v) is 9.85. The number of amides is 1. The van der Waals surface area contributed by atoms with Gasteiger partial charge in [-0.05, 0) is 37.5 Å². The molecular formula is C17H27N3O4S. The molecule has 2 rings (SSSR count). The second-order valence-corrected chi connectivity index (χ2v) is 8.56. The van der Waals surface area contributed by atoms with Crippen molar-refractivity contribution < 1.29 is 17.9 Å². The van der Waals surface area contributed by atoms with E-state index in [2.05, 4.69) is 5.32 Å². The van der Waals surface area contributed by atoms with E-state index in [4.69, 9.17) is 4.74 Å². The minimum absolute atomic E-state index is 0.0326. The first-order valence-electron chi connectivity index (χ1n) is 8.45. The third-order valence-corrected chi connectivity index (χ3v) is 6.21. The van der Waals surface area contributed by atoms with E-state index in [9.17, 15) is 13.2 Å². The van der Waals surface area contributed by atoms with Crippen molar-refractivity contribution in [2.24, 2.45) is 5.92 Å². The van der Waals surface area contributed by atoms with Crippen LogP contribution in [0.3, 0.4) is 0 Å². The van der Waals surface area contributed by atoms with E-state index >= 15 is 0 Å². The van der Waals surface area contributed by atoms with Gasteiger partial charge >= 0.3 is 0 Å². The molecule has 1 saturated heterocycles. The van der Waals surface area contributed by atoms with Crippen LogP contribution in [0.1, 0.15) is 18.4 Å². The van der Waals surface area contributed by atoms with Gasteiger partial charge in [-0.15, -0.1) is 0 Å². The van der Waals surface area contributed by atoms with E-state index in [1.54, 1.807) is 0 Å². The molecule has 1 amide bonds. The largest absolute Gasteiger partial charge is 0.492 e. The number of carbonyl (C=O) groups is 1. The van der Waals surface area contributed by atoms with E-state index in [1.165, 1.54) is 22.7 Å². The van der Waals surface area contributed by atoms with Gasteiger partial charge in [0.2, 0.25) is 5.91 Å². The van der Waals surface area contributed by atoms with Gasteiger partial charge in [-0.1, -0.05) is 12.1 Å². The molecule has 0 radical (unpaired) electrons. The van der Waals surface area contributed by atoms with Gasteiger partial charge in [0.05, 0.1) is 6.54 Å². The third kappa shape index (κ3) is 5.42. The Morgan fingerprint density at radius 2 is 2.00 bits per heavy atom. The zero-order valence-electron chi connectivity index (χ0n) is 15.1. The SMILES string of the molecule is Cc1cccc(OCCNC(=O)C2CCN(S(=O)(=O)N(C)C)CC2)c1. The molecule has 1 aliphatic rings. The summed E-state index contributed by atoms with van der Waals surface area (Å²) in [6.45, 7) is 3.58. The Balaban J connectivity index is 1.70. The minimum Gasteiger partial charge on any atom is -0.492 e. The molecule has 0 spiro atoms. The number of aryl methyl sites for hydroxylation is 1. The summed E-state index contributed by atoms with van der Waals surface area (Å²) in [5, 5.41) is 2.87. The first-order chi connectivity index (χ1) is 11.8. The van der Waals surface area contributed by atoms with Gasteiger partial charge in [0.15, 0.2) is 0 Å². The van der Waals surface area contributed by atoms with Crippen LogP contribution in [-0.2, 0) is 15.0 Å². The smallest absolute Gasteiger partial charge is 0.281 e. The van der Waals surface area contributed by atoms with Crippen LogP contribution < -0.4 is 10.1 Å². The molecule has 140 valence electrons. The maximum Gasteiger partial charge on any atom is 0.281 e. The second-order valence-electron chi connectivity index (χ2n) is 6.42. The highest BCUT2D eigenvalue weighted by molar-refractivity contribution is 7.86. The van der Waals surface area contributed by atoms with Crippen LogP contribution in [0, 0.1) is 12.8 Å². The molecule has 1 heterocycles. The monoisotopic (exact) mass is 369 g/mol. The number of rotatable bonds is 7. The number of nitrogens with one attached hydrogen (secondary N) is 1. The first kappa shape index (κ1) is 19.7. The summed E-state index contributed by atoms with van der Waals surface area (Å²) in [7, 11) is -0.357. The Morgan fingerprint density at radius 1 is 1.32 bits per heavy atom. The van der Waals surface area contributed by atoms with Crippen molar-refractivity contribution in [3.05, 3.63) is 29.8 Å². The van der Waals surface area contributed by atoms with Crippen LogP contribution >= 0.6 is 0 Å². The van der Waals surface area contributed by atoms with Crippen LogP contribution in [0.25, 0.3) is 0 Å². The fraction of sp³-hybridized carbons (Fsp3) is 0.588. The molecule has 0 atom stereocenters. The number of ether oxygens (including phenoxy) is 1. The molecule has 1 fully saturated rings. The van der Waals surface area contributed by atoms with Gasteiger partial charge in [-0.25, -0.2) is 0 Å². The molecule has 1 aliphatic heterocycles. The molecule has 0 saturated carbocycles. The van der Waals surface area contributed by atoms with E-state index in [0.717, 1.165) is 11.3 Å². The van der Waals surface area contributed by atoms with Crippen molar-refractivity contribution in [2.75, 3.05) is 40.3 Å². The molecule has 1 aromatic carbocycles. The van der Waals surface area contributed by atoms with E-state index in [1.807, 2.05) is 31.2 Å². The highest BCUT2D eigenvalue weighted by Gasteiger charge is 2.31. The van der Waals surface area contributed by atoms with Crippen molar-refractivity contribution >= 4 is 16.1 Å². The fourth-order valence-electron chi connectivity index (χ4n) is 2.77. The molecule has 7 nitrogen and oxygen atoms in total. The summed E-state index contributed by atoms with van der Waals surface area (Å²) in [6, 6.07) is 7.76. The molecule has 0 unspecified atom stereocenters. The Kier molecular flexibility index (Phi) is 6.80. The third-order valence-electron chi connectivity index (χ3n) is 4.27. The zero-order chi connectivity index (χ0) is 18.4. The standard InChI is InChI=1S/C17H27N3O4S/c1-14-5-4-6-16(13-14)24-12-9-18-17(21)15-7-10-20(11-8-15)25(22,23)19(2)3/h4-6,13,15H,7-12H2,1-3H3,(H,18,21). The molecule has 0 bridgehead atoms. The minimum atomic E-state index is -3.39. The van der Waals surface area contributed by atoms with Gasteiger partial charge in [-0.2, -0.15) is 17.0 Å². The summed E-state index contributed by atoms with van der Waals surface area (Å²) in [6.07, 6.45) is 1.08. The second kappa shape index (κ2) is 8.64. The zero-order valence-corrected chi connectivity index (χ0v) is 15.9. The Labute approximate surface area is 150 Å². The van der Waals surface area contributed by atoms with Crippen molar-refractivity contribution in [1.82, 2.24) is 13.9 Å². The van der Waals surface area contributed by atoms with E-state index in [0.29, 0.717) is 39.1 Å². The average Bonchev–Trinajstić information content (AvgIpc) is 2.58. The Morgan fingerprint density at radius 3 is 2.60 bits per heavy atom. The lowest BCUT2D eigenvalue weighted by molar-refractivity contribution is -0.126. The molecular weight excluding hydrogens is 342 g/mol. The van der Waals surface area contributed by atoms with Crippen molar-refractivity contribution in [1.29, 1.82) is 0 Å². The topological polar surface area (TPSA) is 79.0 Å². The normalized spacial score (nSPS) is 16.8. The lowest BCUT2D eigenvalue weighted by atomic mass is 9.97. The molecule has 1 aromatic rings. The maximum atomic E-state index is 12.2. The van der Waals surface area contributed by atoms with Crippen LogP contribution in [0.5, 0.6) is 5.75 Å². The lowest BCUT2D eigenvalue weighted by Gasteiger charge is -2.32. The summed E-state index contributed by atoms with van der Waals surface area (Å²) < 4.78 is 32.4. The van der Waals surface area contributed by atoms with Gasteiger partial charge in [0.1, 0.15) is 12.4 Å². The van der Waals surface area contributed by atoms with Crippen molar-refractivity contribution in [3.8, 4) is 5.75 Å². The van der Waals surface area contributed by atoms with E-state index in [-0.39, 0.29) is 11.8 Å². The van der Waals surface area contributed by atoms with Gasteiger partial charge in [-0.3, -0.25) is 4.79 Å². The van der Waals surface area contributed by atoms with Crippen LogP contribution in [-0.4, -0.2) is 63.3 Å². The average molecular weight is 369 g/mol. The molecule has 1 N–H and O–H groups in total. The molecule has 0 aliphatic carbocycles. The van der Waals surface area contributed by atoms with Crippen LogP contribution in [0.4, 0.5) is 0 Å². The number of nitrogens with zero attached hydrogens (tertiary/aromatic N) is 2. The summed E-state index contributed by atoms with van der Waals surface area (Å²) in [5.41, 5.74) is 1.13. The maximum absolute atomic E-state index is 12.2. The van der Waals surface area contributed by atoms with Gasteiger partial charge in [0.25, 0.3) is 10.2 Å². The summed E-state index contributed by atoms with van der Waals surface area (Å²) in [5.74, 6) is 0.610. The number of benzene rings is 1. The lowest BCUT2D eigenvalue weighted by Crippen LogP contribution is -2.47. The highest BCUT2D eigenvalue weighted by Crippen LogP contribution is 2.20. The predicted molar refractivity (Wildman–Crippen MR) is 96.6 cm³/mol. The molecule has 0 aromatic heterocycles. The number of hydrogen-bond acceptors (Lipinski definition) is 4. The van der Waals surface area contributed by atoms with Gasteiger partial charge in [0, 0.05) is 33.1 Å². The molecule has 8 heteroatoms. The van der Waals surface area contributed by atoms with Crippen molar-refractivity contribution in [2.45, 2.75) is 19.8 Å². The van der Waals surface area contributed by atoms with Crippen LogP contribution in [0.2, 0.25) is 0 Å². The highest BCUT2D eigenvalue weighted by atomic mass is 32.2.